The number of nitrogens with one attached hydrogen (secondary N) is 4. The molecule has 274 valence electrons. The molecule has 0 aliphatic carbocycles. The molecule has 0 aliphatic heterocycles. The number of nitro groups is 2. The first-order valence-electron chi connectivity index (χ1n) is 16.4. The molecule has 2 atom stereocenters. The number of carbonyl (C=O) groups is 4. The highest BCUT2D eigenvalue weighted by atomic mass is 16.6. The third-order valence-electron chi connectivity index (χ3n) is 7.69. The smallest absolute Gasteiger partial charge is 0.407 e. The number of anilines is 1. The van der Waals surface area contributed by atoms with Crippen molar-refractivity contribution in [3.63, 3.8) is 0 Å². The van der Waals surface area contributed by atoms with E-state index in [0.717, 1.165) is 6.07 Å². The summed E-state index contributed by atoms with van der Waals surface area (Å²) in [7, 11) is 0. The van der Waals surface area contributed by atoms with E-state index in [9.17, 15) is 39.4 Å². The highest BCUT2D eigenvalue weighted by Crippen LogP contribution is 2.25. The van der Waals surface area contributed by atoms with E-state index >= 15 is 0 Å². The molecule has 2 rings (SSSR count). The Labute approximate surface area is 296 Å². The van der Waals surface area contributed by atoms with Crippen molar-refractivity contribution in [1.82, 2.24) is 16.0 Å². The van der Waals surface area contributed by atoms with Crippen molar-refractivity contribution < 1.29 is 33.8 Å². The number of alkyl carbamates (subject to hydrolysis) is 1. The summed E-state index contributed by atoms with van der Waals surface area (Å²) in [4.78, 5) is 72.0. The van der Waals surface area contributed by atoms with Gasteiger partial charge in [-0.3, -0.25) is 34.6 Å². The first-order chi connectivity index (χ1) is 24.2. The lowest BCUT2D eigenvalue weighted by molar-refractivity contribution is -0.394. The average molecular weight is 708 g/mol. The SMILES string of the molecule is C#CCCC(=O)N[C@H](C(=O)C[C@@H](CCCNC(=C)N)C(=O)Nc1ccc(COC(=O)NCCCc2ccc([N+](=O)[O-])cc2[N+](=O)[O-])cc1)C(C)C. The second-order valence-corrected chi connectivity index (χ2v) is 12.1. The highest BCUT2D eigenvalue weighted by molar-refractivity contribution is 5.97. The largest absolute Gasteiger partial charge is 0.445 e. The van der Waals surface area contributed by atoms with Crippen LogP contribution in [0.5, 0.6) is 0 Å². The molecule has 0 fully saturated rings. The van der Waals surface area contributed by atoms with E-state index in [4.69, 9.17) is 16.9 Å². The fraction of sp³-hybridized carbons (Fsp3) is 0.429. The molecule has 0 aromatic heterocycles. The maximum atomic E-state index is 13.4. The van der Waals surface area contributed by atoms with Gasteiger partial charge in [0.25, 0.3) is 11.4 Å². The van der Waals surface area contributed by atoms with Crippen LogP contribution in [0.15, 0.2) is 54.9 Å². The van der Waals surface area contributed by atoms with Gasteiger partial charge in [0.1, 0.15) is 6.61 Å². The summed E-state index contributed by atoms with van der Waals surface area (Å²) >= 11 is 0. The molecule has 0 spiro atoms. The zero-order valence-electron chi connectivity index (χ0n) is 28.8. The molecule has 0 aliphatic rings. The van der Waals surface area contributed by atoms with Gasteiger partial charge >= 0.3 is 6.09 Å². The van der Waals surface area contributed by atoms with Gasteiger partial charge in [0, 0.05) is 55.6 Å². The molecule has 0 heterocycles. The molecule has 0 saturated carbocycles. The lowest BCUT2D eigenvalue weighted by Crippen LogP contribution is -2.45. The summed E-state index contributed by atoms with van der Waals surface area (Å²) in [5.74, 6) is 0.801. The van der Waals surface area contributed by atoms with Crippen LogP contribution in [0.2, 0.25) is 0 Å². The fourth-order valence-electron chi connectivity index (χ4n) is 4.99. The Hall–Kier alpha value is -5.98. The van der Waals surface area contributed by atoms with Crippen LogP contribution in [0, 0.1) is 44.4 Å². The Bertz CT molecular complexity index is 1600. The first-order valence-corrected chi connectivity index (χ1v) is 16.4. The van der Waals surface area contributed by atoms with E-state index in [1.165, 1.54) is 12.1 Å². The standard InChI is InChI=1S/C35H45N7O9/c1-5-6-11-32(44)40-33(23(2)3)31(43)20-27(10-8-18-37-24(4)36)34(45)39-28-15-12-25(13-16-28)22-51-35(46)38-19-7-9-26-14-17-29(41(47)48)21-30(26)42(49)50/h1,12-17,21,23,27,33,37H,4,6-11,18-20,22,36H2,2-3H3,(H,38,46)(H,39,45)(H,40,44)/t27-,33+/m1/s1. The predicted molar refractivity (Wildman–Crippen MR) is 190 cm³/mol. The maximum absolute atomic E-state index is 13.4. The second kappa shape index (κ2) is 21.2. The molecule has 6 N–H and O–H groups in total. The van der Waals surface area contributed by atoms with Gasteiger partial charge in [-0.2, -0.15) is 0 Å². The monoisotopic (exact) mass is 707 g/mol. The number of carbonyl (C=O) groups excluding carboxylic acids is 4. The van der Waals surface area contributed by atoms with Gasteiger partial charge < -0.3 is 31.7 Å². The quantitative estimate of drug-likeness (QED) is 0.0502. The molecule has 0 unspecified atom stereocenters. The number of benzene rings is 2. The summed E-state index contributed by atoms with van der Waals surface area (Å²) < 4.78 is 5.23. The number of aryl methyl sites for hydroxylation is 1. The van der Waals surface area contributed by atoms with Crippen molar-refractivity contribution >= 4 is 40.8 Å². The minimum atomic E-state index is -0.777. The Kier molecular flexibility index (Phi) is 17.1. The summed E-state index contributed by atoms with van der Waals surface area (Å²) in [5, 5.41) is 33.3. The summed E-state index contributed by atoms with van der Waals surface area (Å²) in [6.07, 6.45) is 6.20. The lowest BCUT2D eigenvalue weighted by Gasteiger charge is -2.24. The van der Waals surface area contributed by atoms with E-state index < -0.39 is 27.9 Å². The Morgan fingerprint density at radius 2 is 1.69 bits per heavy atom. The zero-order chi connectivity index (χ0) is 37.9. The van der Waals surface area contributed by atoms with E-state index in [1.54, 1.807) is 24.3 Å². The summed E-state index contributed by atoms with van der Waals surface area (Å²) in [6, 6.07) is 9.23. The maximum Gasteiger partial charge on any atom is 0.407 e. The molecule has 16 nitrogen and oxygen atoms in total. The van der Waals surface area contributed by atoms with Gasteiger partial charge in [0.15, 0.2) is 5.78 Å². The third-order valence-corrected chi connectivity index (χ3v) is 7.69. The number of nitrogens with zero attached hydrogens (tertiary/aromatic N) is 2. The van der Waals surface area contributed by atoms with Crippen molar-refractivity contribution in [3.8, 4) is 12.3 Å². The number of ether oxygens (including phenoxy) is 1. The molecular weight excluding hydrogens is 662 g/mol. The van der Waals surface area contributed by atoms with Gasteiger partial charge in [-0.15, -0.1) is 12.3 Å². The molecule has 2 aromatic rings. The van der Waals surface area contributed by atoms with Gasteiger partial charge in [-0.1, -0.05) is 32.6 Å². The number of Topliss-reactive ketones (excluding diaryl/α,β-unsaturated/α-hetero) is 1. The second-order valence-electron chi connectivity index (χ2n) is 12.1. The topological polar surface area (TPSA) is 238 Å². The third kappa shape index (κ3) is 15.0. The molecule has 2 aromatic carbocycles. The summed E-state index contributed by atoms with van der Waals surface area (Å²) in [6.45, 7) is 7.73. The van der Waals surface area contributed by atoms with Crippen molar-refractivity contribution in [2.45, 2.75) is 71.4 Å². The fourth-order valence-corrected chi connectivity index (χ4v) is 4.99. The van der Waals surface area contributed by atoms with E-state index in [2.05, 4.69) is 33.8 Å². The van der Waals surface area contributed by atoms with Gasteiger partial charge in [0.2, 0.25) is 11.8 Å². The number of rotatable bonds is 22. The Morgan fingerprint density at radius 3 is 2.29 bits per heavy atom. The first kappa shape index (κ1) is 41.2. The van der Waals surface area contributed by atoms with E-state index in [0.29, 0.717) is 42.6 Å². The van der Waals surface area contributed by atoms with E-state index in [1.807, 2.05) is 13.8 Å². The van der Waals surface area contributed by atoms with Crippen LogP contribution in [-0.2, 0) is 32.1 Å². The van der Waals surface area contributed by atoms with Gasteiger partial charge in [-0.25, -0.2) is 4.79 Å². The van der Waals surface area contributed by atoms with Crippen LogP contribution in [0.25, 0.3) is 0 Å². The number of non-ortho nitro benzene ring substituents is 1. The molecule has 3 amide bonds. The van der Waals surface area contributed by atoms with Crippen molar-refractivity contribution in [2.24, 2.45) is 17.6 Å². The van der Waals surface area contributed by atoms with E-state index in [-0.39, 0.29) is 79.5 Å². The minimum absolute atomic E-state index is 0.0753. The number of hydrogen-bond acceptors (Lipinski definition) is 11. The zero-order valence-corrected chi connectivity index (χ0v) is 28.8. The van der Waals surface area contributed by atoms with Crippen LogP contribution >= 0.6 is 0 Å². The Balaban J connectivity index is 1.92. The number of terminal acetylenes is 1. The van der Waals surface area contributed by atoms with Crippen molar-refractivity contribution in [1.29, 1.82) is 0 Å². The number of amides is 3. The van der Waals surface area contributed by atoms with Crippen LogP contribution < -0.4 is 27.0 Å². The number of ketones is 1. The molecule has 51 heavy (non-hydrogen) atoms. The number of hydrogen-bond donors (Lipinski definition) is 5. The van der Waals surface area contributed by atoms with Gasteiger partial charge in [-0.05, 0) is 55.4 Å². The number of nitro benzene ring substituents is 2. The molecular formula is C35H45N7O9. The molecule has 0 bridgehead atoms. The number of nitrogens with two attached hydrogens (primary N) is 1. The van der Waals surface area contributed by atoms with Crippen LogP contribution in [0.1, 0.15) is 63.5 Å². The normalized spacial score (nSPS) is 11.7. The van der Waals surface area contributed by atoms with Gasteiger partial charge in [0.05, 0.1) is 27.8 Å². The highest BCUT2D eigenvalue weighted by Gasteiger charge is 2.29. The lowest BCUT2D eigenvalue weighted by atomic mass is 9.89. The van der Waals surface area contributed by atoms with Crippen LogP contribution in [0.3, 0.4) is 0 Å². The summed E-state index contributed by atoms with van der Waals surface area (Å²) in [5.41, 5.74) is 6.22. The van der Waals surface area contributed by atoms with Crippen molar-refractivity contribution in [2.75, 3.05) is 18.4 Å². The molecule has 0 radical (unpaired) electrons. The van der Waals surface area contributed by atoms with Crippen LogP contribution in [0.4, 0.5) is 21.9 Å². The molecule has 16 heteroatoms. The predicted octanol–water partition coefficient (Wildman–Crippen LogP) is 4.23. The Morgan fingerprint density at radius 1 is 1.00 bits per heavy atom. The minimum Gasteiger partial charge on any atom is -0.445 e. The van der Waals surface area contributed by atoms with Crippen LogP contribution in [-0.4, -0.2) is 52.7 Å². The molecule has 0 saturated heterocycles. The van der Waals surface area contributed by atoms with Crippen molar-refractivity contribution in [3.05, 3.63) is 86.2 Å². The average Bonchev–Trinajstić information content (AvgIpc) is 3.08.